The van der Waals surface area contributed by atoms with Crippen molar-refractivity contribution in [1.29, 1.82) is 0 Å². The second kappa shape index (κ2) is 2.82. The number of aryl methyl sites for hydroxylation is 2. The van der Waals surface area contributed by atoms with Gasteiger partial charge in [0.15, 0.2) is 5.69 Å². The molecule has 0 saturated heterocycles. The first kappa shape index (κ1) is 8.47. The lowest BCUT2D eigenvalue weighted by Crippen LogP contribution is -2.09. The molecule has 0 unspecified atom stereocenters. The van der Waals surface area contributed by atoms with Crippen LogP contribution in [0.5, 0.6) is 0 Å². The van der Waals surface area contributed by atoms with Crippen LogP contribution < -0.4 is 0 Å². The molecule has 1 aromatic carbocycles. The number of benzene rings is 1. The summed E-state index contributed by atoms with van der Waals surface area (Å²) in [5.74, 6) is -0.946. The molecule has 1 N–H and O–H groups in total. The minimum absolute atomic E-state index is 0.175. The number of carboxylic acids is 1. The number of aromatic carboxylic acids is 1. The molecule has 2 heterocycles. The van der Waals surface area contributed by atoms with Crippen LogP contribution in [0.3, 0.4) is 0 Å². The molecule has 1 aromatic heterocycles. The summed E-state index contributed by atoms with van der Waals surface area (Å²) in [5, 5.41) is 13.9. The number of hydrogen-bond donors (Lipinski definition) is 1. The van der Waals surface area contributed by atoms with E-state index in [4.69, 9.17) is 5.11 Å². The van der Waals surface area contributed by atoms with Crippen LogP contribution in [0.25, 0.3) is 10.9 Å². The van der Waals surface area contributed by atoms with Crippen LogP contribution in [0.4, 0.5) is 0 Å². The molecule has 1 aliphatic rings. The van der Waals surface area contributed by atoms with Gasteiger partial charge in [0.25, 0.3) is 0 Å². The van der Waals surface area contributed by atoms with Gasteiger partial charge in [-0.2, -0.15) is 5.10 Å². The lowest BCUT2D eigenvalue weighted by molar-refractivity contribution is 0.0691. The molecule has 0 saturated carbocycles. The van der Waals surface area contributed by atoms with Crippen LogP contribution in [0.15, 0.2) is 18.2 Å². The van der Waals surface area contributed by atoms with Crippen molar-refractivity contribution in [2.45, 2.75) is 19.4 Å². The summed E-state index contributed by atoms with van der Waals surface area (Å²) in [4.78, 5) is 11.0. The van der Waals surface area contributed by atoms with Crippen molar-refractivity contribution in [2.75, 3.05) is 0 Å². The molecule has 3 rings (SSSR count). The Morgan fingerprint density at radius 3 is 3.13 bits per heavy atom. The Morgan fingerprint density at radius 1 is 1.47 bits per heavy atom. The fraction of sp³-hybridized carbons (Fsp3) is 0.273. The van der Waals surface area contributed by atoms with E-state index in [1.54, 1.807) is 0 Å². The third kappa shape index (κ3) is 1.08. The van der Waals surface area contributed by atoms with E-state index in [9.17, 15) is 4.79 Å². The topological polar surface area (TPSA) is 55.1 Å². The number of carbonyl (C=O) groups is 1. The van der Waals surface area contributed by atoms with Crippen LogP contribution in [-0.2, 0) is 13.0 Å². The summed E-state index contributed by atoms with van der Waals surface area (Å²) in [6.45, 7) is 0.820. The number of rotatable bonds is 1. The second-order valence-electron chi connectivity index (χ2n) is 3.79. The van der Waals surface area contributed by atoms with Crippen LogP contribution in [0.2, 0.25) is 0 Å². The number of para-hydroxylation sites is 1. The Hall–Kier alpha value is -1.84. The summed E-state index contributed by atoms with van der Waals surface area (Å²) in [6.07, 6.45) is 2.05. The number of nitrogens with zero attached hydrogens (tertiary/aromatic N) is 2. The molecular weight excluding hydrogens is 192 g/mol. The van der Waals surface area contributed by atoms with Gasteiger partial charge < -0.3 is 5.11 Å². The quantitative estimate of drug-likeness (QED) is 0.765. The molecule has 76 valence electrons. The molecule has 0 spiro atoms. The number of aromatic nitrogens is 2. The molecule has 0 atom stereocenters. The van der Waals surface area contributed by atoms with Crippen molar-refractivity contribution < 1.29 is 9.90 Å². The van der Waals surface area contributed by atoms with Gasteiger partial charge >= 0.3 is 5.97 Å². The molecule has 0 fully saturated rings. The molecule has 4 heteroatoms. The maximum Gasteiger partial charge on any atom is 0.357 e. The van der Waals surface area contributed by atoms with E-state index in [0.717, 1.165) is 30.3 Å². The van der Waals surface area contributed by atoms with Gasteiger partial charge in [-0.15, -0.1) is 0 Å². The fourth-order valence-corrected chi connectivity index (χ4v) is 2.25. The molecular formula is C11H10N2O2. The summed E-state index contributed by atoms with van der Waals surface area (Å²) in [7, 11) is 0. The third-order valence-corrected chi connectivity index (χ3v) is 2.87. The van der Waals surface area contributed by atoms with Crippen molar-refractivity contribution in [3.63, 3.8) is 0 Å². The minimum Gasteiger partial charge on any atom is -0.476 e. The Kier molecular flexibility index (Phi) is 1.59. The standard InChI is InChI=1S/C11H10N2O2/c14-11(15)9-8-5-1-3-7-4-2-6-13(12-9)10(7)8/h1,3,5H,2,4,6H2,(H,14,15). The molecule has 0 radical (unpaired) electrons. The van der Waals surface area contributed by atoms with Gasteiger partial charge in [0.05, 0.1) is 5.52 Å². The first-order chi connectivity index (χ1) is 7.27. The van der Waals surface area contributed by atoms with Crippen molar-refractivity contribution in [3.05, 3.63) is 29.5 Å². The van der Waals surface area contributed by atoms with Gasteiger partial charge in [-0.25, -0.2) is 4.79 Å². The van der Waals surface area contributed by atoms with E-state index < -0.39 is 5.97 Å². The summed E-state index contributed by atoms with van der Waals surface area (Å²) in [6, 6.07) is 5.78. The van der Waals surface area contributed by atoms with Crippen molar-refractivity contribution >= 4 is 16.9 Å². The lowest BCUT2D eigenvalue weighted by Gasteiger charge is -2.12. The average Bonchev–Trinajstić information content (AvgIpc) is 2.61. The van der Waals surface area contributed by atoms with Gasteiger partial charge in [0.2, 0.25) is 0 Å². The smallest absolute Gasteiger partial charge is 0.357 e. The molecule has 0 bridgehead atoms. The minimum atomic E-state index is -0.946. The van der Waals surface area contributed by atoms with Crippen LogP contribution in [0.1, 0.15) is 22.5 Å². The van der Waals surface area contributed by atoms with Gasteiger partial charge in [0, 0.05) is 11.9 Å². The normalized spacial score (nSPS) is 14.4. The lowest BCUT2D eigenvalue weighted by atomic mass is 10.0. The van der Waals surface area contributed by atoms with Crippen LogP contribution in [-0.4, -0.2) is 20.9 Å². The Balaban J connectivity index is 2.43. The zero-order chi connectivity index (χ0) is 10.4. The summed E-state index contributed by atoms with van der Waals surface area (Å²) in [5.41, 5.74) is 2.38. The highest BCUT2D eigenvalue weighted by molar-refractivity contribution is 6.02. The SMILES string of the molecule is O=C(O)c1nn2c3c(cccc13)CCC2. The maximum absolute atomic E-state index is 11.0. The first-order valence-corrected chi connectivity index (χ1v) is 4.99. The summed E-state index contributed by atoms with van der Waals surface area (Å²) >= 11 is 0. The monoisotopic (exact) mass is 202 g/mol. The molecule has 0 aliphatic carbocycles. The molecule has 1 aliphatic heterocycles. The Morgan fingerprint density at radius 2 is 2.33 bits per heavy atom. The van der Waals surface area contributed by atoms with Crippen LogP contribution >= 0.6 is 0 Å². The molecule has 2 aromatic rings. The van der Waals surface area contributed by atoms with E-state index in [0.29, 0.717) is 0 Å². The number of hydrogen-bond acceptors (Lipinski definition) is 2. The van der Waals surface area contributed by atoms with Crippen molar-refractivity contribution in [3.8, 4) is 0 Å². The van der Waals surface area contributed by atoms with E-state index in [2.05, 4.69) is 5.10 Å². The highest BCUT2D eigenvalue weighted by Gasteiger charge is 2.20. The van der Waals surface area contributed by atoms with Gasteiger partial charge in [-0.05, 0) is 18.4 Å². The predicted octanol–water partition coefficient (Wildman–Crippen LogP) is 1.68. The number of carboxylic acid groups (broad SMARTS) is 1. The predicted molar refractivity (Wildman–Crippen MR) is 55.0 cm³/mol. The Bertz CT molecular complexity index is 557. The largest absolute Gasteiger partial charge is 0.476 e. The molecule has 4 nitrogen and oxygen atoms in total. The first-order valence-electron chi connectivity index (χ1n) is 4.99. The zero-order valence-electron chi connectivity index (χ0n) is 8.10. The molecule has 0 amide bonds. The fourth-order valence-electron chi connectivity index (χ4n) is 2.25. The average molecular weight is 202 g/mol. The van der Waals surface area contributed by atoms with Crippen molar-refractivity contribution in [2.24, 2.45) is 0 Å². The van der Waals surface area contributed by atoms with E-state index in [-0.39, 0.29) is 5.69 Å². The van der Waals surface area contributed by atoms with Gasteiger partial charge in [-0.1, -0.05) is 18.2 Å². The van der Waals surface area contributed by atoms with E-state index in [1.165, 1.54) is 5.56 Å². The third-order valence-electron chi connectivity index (χ3n) is 2.87. The van der Waals surface area contributed by atoms with Gasteiger partial charge in [0.1, 0.15) is 0 Å². The van der Waals surface area contributed by atoms with Gasteiger partial charge in [-0.3, -0.25) is 4.68 Å². The summed E-state index contributed by atoms with van der Waals surface area (Å²) < 4.78 is 1.82. The molecule has 15 heavy (non-hydrogen) atoms. The maximum atomic E-state index is 11.0. The highest BCUT2D eigenvalue weighted by atomic mass is 16.4. The zero-order valence-corrected chi connectivity index (χ0v) is 8.10. The van der Waals surface area contributed by atoms with E-state index in [1.807, 2.05) is 22.9 Å². The second-order valence-corrected chi connectivity index (χ2v) is 3.79. The van der Waals surface area contributed by atoms with Crippen LogP contribution in [0, 0.1) is 0 Å². The highest BCUT2D eigenvalue weighted by Crippen LogP contribution is 2.27. The Labute approximate surface area is 86.1 Å². The van der Waals surface area contributed by atoms with E-state index >= 15 is 0 Å². The van der Waals surface area contributed by atoms with Crippen molar-refractivity contribution in [1.82, 2.24) is 9.78 Å².